The first-order chi connectivity index (χ1) is 11.8. The number of aromatic nitrogens is 5. The van der Waals surface area contributed by atoms with Crippen molar-refractivity contribution < 1.29 is 28.7 Å². The summed E-state index contributed by atoms with van der Waals surface area (Å²) in [4.78, 5) is 29.2. The number of nitrogens with one attached hydrogen (secondary N) is 1. The van der Waals surface area contributed by atoms with Crippen molar-refractivity contribution in [1.29, 1.82) is 0 Å². The predicted octanol–water partition coefficient (Wildman–Crippen LogP) is 0.499. The number of phosphoric acid groups is 1. The molecular formula is C12H14N5O6PS. The lowest BCUT2D eigenvalue weighted by atomic mass is 10.2. The summed E-state index contributed by atoms with van der Waals surface area (Å²) in [6.07, 6.45) is 2.68. The van der Waals surface area contributed by atoms with Gasteiger partial charge in [-0.2, -0.15) is 0 Å². The lowest BCUT2D eigenvalue weighted by molar-refractivity contribution is -0.0424. The number of aromatic amines is 1. The second-order valence-corrected chi connectivity index (χ2v) is 7.24. The van der Waals surface area contributed by atoms with Crippen molar-refractivity contribution in [3.05, 3.63) is 23.5 Å². The zero-order valence-electron chi connectivity index (χ0n) is 12.6. The molecule has 1 fully saturated rings. The summed E-state index contributed by atoms with van der Waals surface area (Å²) in [6, 6.07) is 0. The monoisotopic (exact) mass is 387 g/mol. The van der Waals surface area contributed by atoms with Crippen LogP contribution in [0, 0.1) is 4.77 Å². The molecule has 4 N–H and O–H groups in total. The first kappa shape index (κ1) is 16.8. The van der Waals surface area contributed by atoms with Gasteiger partial charge in [0.1, 0.15) is 23.5 Å². The predicted molar refractivity (Wildman–Crippen MR) is 86.2 cm³/mol. The highest BCUT2D eigenvalue weighted by Crippen LogP contribution is 2.38. The van der Waals surface area contributed by atoms with Crippen LogP contribution in [-0.2, 0) is 13.8 Å². The Morgan fingerprint density at radius 3 is 3.04 bits per heavy atom. The second kappa shape index (κ2) is 5.95. The molecule has 1 aliphatic rings. The number of ether oxygens (including phenoxy) is 1. The summed E-state index contributed by atoms with van der Waals surface area (Å²) in [5.74, 6) is 0. The van der Waals surface area contributed by atoms with E-state index in [-0.39, 0.29) is 6.42 Å². The maximum Gasteiger partial charge on any atom is 0.469 e. The number of phosphoric ester groups is 1. The molecule has 4 heterocycles. The number of aliphatic hydroxyl groups excluding tert-OH is 1. The average Bonchev–Trinajstić information content (AvgIpc) is 3.21. The van der Waals surface area contributed by atoms with Crippen LogP contribution in [0.3, 0.4) is 0 Å². The molecule has 3 atom stereocenters. The van der Waals surface area contributed by atoms with Gasteiger partial charge in [-0.3, -0.25) is 13.5 Å². The van der Waals surface area contributed by atoms with E-state index in [9.17, 15) is 9.67 Å². The summed E-state index contributed by atoms with van der Waals surface area (Å²) in [5, 5.41) is 10.1. The molecule has 11 nitrogen and oxygen atoms in total. The maximum absolute atomic E-state index is 10.8. The molecule has 13 heteroatoms. The molecule has 0 aromatic carbocycles. The van der Waals surface area contributed by atoms with Gasteiger partial charge >= 0.3 is 7.82 Å². The summed E-state index contributed by atoms with van der Waals surface area (Å²) >= 11 is 5.29. The van der Waals surface area contributed by atoms with E-state index in [1.807, 2.05) is 0 Å². The van der Waals surface area contributed by atoms with Crippen LogP contribution < -0.4 is 0 Å². The SMILES string of the molecule is O=P(O)(O)OC[C@H]1O[C@@H](n2cnc3c2[nH]c(=S)n2ccnc32)C[C@@H]1O. The first-order valence-electron chi connectivity index (χ1n) is 7.29. The molecule has 4 rings (SSSR count). The van der Waals surface area contributed by atoms with Gasteiger partial charge in [-0.15, -0.1) is 0 Å². The number of rotatable bonds is 4. The Bertz CT molecular complexity index is 1040. The fraction of sp³-hybridized carbons (Fsp3) is 0.417. The van der Waals surface area contributed by atoms with Crippen LogP contribution >= 0.6 is 20.0 Å². The second-order valence-electron chi connectivity index (χ2n) is 5.62. The Morgan fingerprint density at radius 1 is 1.48 bits per heavy atom. The first-order valence-corrected chi connectivity index (χ1v) is 9.23. The Labute approximate surface area is 145 Å². The molecule has 0 saturated carbocycles. The molecule has 0 spiro atoms. The van der Waals surface area contributed by atoms with E-state index in [1.165, 1.54) is 6.33 Å². The number of H-pyrrole nitrogens is 1. The van der Waals surface area contributed by atoms with Crippen molar-refractivity contribution in [3.8, 4) is 0 Å². The highest BCUT2D eigenvalue weighted by Gasteiger charge is 2.37. The van der Waals surface area contributed by atoms with Crippen LogP contribution in [0.1, 0.15) is 12.6 Å². The van der Waals surface area contributed by atoms with Crippen molar-refractivity contribution in [2.24, 2.45) is 0 Å². The highest BCUT2D eigenvalue weighted by molar-refractivity contribution is 7.71. The quantitative estimate of drug-likeness (QED) is 0.371. The Hall–Kier alpha value is -1.66. The van der Waals surface area contributed by atoms with Gasteiger partial charge in [-0.1, -0.05) is 0 Å². The van der Waals surface area contributed by atoms with E-state index >= 15 is 0 Å². The minimum Gasteiger partial charge on any atom is -0.390 e. The third kappa shape index (κ3) is 3.02. The van der Waals surface area contributed by atoms with Gasteiger partial charge in [0.2, 0.25) is 0 Å². The fourth-order valence-corrected chi connectivity index (χ4v) is 3.46. The molecule has 0 unspecified atom stereocenters. The normalized spacial score (nSPS) is 24.5. The van der Waals surface area contributed by atoms with Crippen LogP contribution in [0.25, 0.3) is 16.8 Å². The lowest BCUT2D eigenvalue weighted by Gasteiger charge is -2.16. The van der Waals surface area contributed by atoms with Crippen LogP contribution in [0.15, 0.2) is 18.7 Å². The van der Waals surface area contributed by atoms with Gasteiger partial charge in [-0.25, -0.2) is 14.5 Å². The molecule has 0 amide bonds. The van der Waals surface area contributed by atoms with E-state index in [0.29, 0.717) is 21.6 Å². The summed E-state index contributed by atoms with van der Waals surface area (Å²) in [5.41, 5.74) is 1.77. The average molecular weight is 387 g/mol. The summed E-state index contributed by atoms with van der Waals surface area (Å²) < 4.78 is 24.7. The summed E-state index contributed by atoms with van der Waals surface area (Å²) in [6.45, 7) is -0.422. The van der Waals surface area contributed by atoms with Crippen molar-refractivity contribution in [2.75, 3.05) is 6.61 Å². The molecule has 0 radical (unpaired) electrons. The zero-order chi connectivity index (χ0) is 17.8. The van der Waals surface area contributed by atoms with Gasteiger partial charge in [0.05, 0.1) is 19.0 Å². The molecule has 0 bridgehead atoms. The Morgan fingerprint density at radius 2 is 2.28 bits per heavy atom. The number of hydrogen-bond acceptors (Lipinski definition) is 7. The molecule has 3 aromatic heterocycles. The zero-order valence-corrected chi connectivity index (χ0v) is 14.3. The number of imidazole rings is 2. The van der Waals surface area contributed by atoms with Crippen molar-refractivity contribution >= 4 is 36.9 Å². The molecule has 3 aromatic rings. The van der Waals surface area contributed by atoms with Gasteiger partial charge < -0.3 is 24.6 Å². The lowest BCUT2D eigenvalue weighted by Crippen LogP contribution is -2.25. The molecular weight excluding hydrogens is 373 g/mol. The van der Waals surface area contributed by atoms with Crippen molar-refractivity contribution in [3.63, 3.8) is 0 Å². The molecule has 1 aliphatic heterocycles. The summed E-state index contributed by atoms with van der Waals surface area (Å²) in [7, 11) is -4.63. The Balaban J connectivity index is 1.65. The largest absolute Gasteiger partial charge is 0.469 e. The minimum absolute atomic E-state index is 0.209. The molecule has 134 valence electrons. The van der Waals surface area contributed by atoms with E-state index in [2.05, 4.69) is 19.5 Å². The molecule has 1 saturated heterocycles. The van der Waals surface area contributed by atoms with Gasteiger partial charge in [-0.05, 0) is 12.2 Å². The fourth-order valence-electron chi connectivity index (χ4n) is 2.88. The van der Waals surface area contributed by atoms with Gasteiger partial charge in [0, 0.05) is 18.8 Å². The third-order valence-electron chi connectivity index (χ3n) is 4.01. The van der Waals surface area contributed by atoms with E-state index in [4.69, 9.17) is 26.7 Å². The number of nitrogens with zero attached hydrogens (tertiary/aromatic N) is 4. The van der Waals surface area contributed by atoms with E-state index < -0.39 is 32.9 Å². The molecule has 25 heavy (non-hydrogen) atoms. The number of fused-ring (bicyclic) bond motifs is 3. The Kier molecular flexibility index (Phi) is 4.00. The van der Waals surface area contributed by atoms with E-state index in [0.717, 1.165) is 0 Å². The van der Waals surface area contributed by atoms with Gasteiger partial charge in [0.15, 0.2) is 10.4 Å². The standard InChI is InChI=1S/C12H14N5O6PS/c18-6-3-8(23-7(6)4-22-24(19,20)21)17-5-14-9-10-13-1-2-16(10)12(25)15-11(9)17/h1-2,5-8,18H,3-4H2,(H,15,25)(H2,19,20,21)/t6-,7+,8+/m0/s1. The van der Waals surface area contributed by atoms with Crippen LogP contribution in [0.5, 0.6) is 0 Å². The van der Waals surface area contributed by atoms with Crippen LogP contribution in [-0.4, -0.2) is 57.6 Å². The number of aliphatic hydroxyl groups is 1. The third-order valence-corrected chi connectivity index (χ3v) is 4.80. The smallest absolute Gasteiger partial charge is 0.390 e. The van der Waals surface area contributed by atoms with E-state index in [1.54, 1.807) is 21.4 Å². The van der Waals surface area contributed by atoms with Crippen molar-refractivity contribution in [2.45, 2.75) is 24.9 Å². The number of hydrogen-bond donors (Lipinski definition) is 4. The topological polar surface area (TPSA) is 147 Å². The van der Waals surface area contributed by atoms with Gasteiger partial charge in [0.25, 0.3) is 0 Å². The molecule has 0 aliphatic carbocycles. The van der Waals surface area contributed by atoms with Crippen molar-refractivity contribution in [1.82, 2.24) is 23.9 Å². The highest BCUT2D eigenvalue weighted by atomic mass is 32.1. The van der Waals surface area contributed by atoms with Crippen LogP contribution in [0.4, 0.5) is 0 Å². The maximum atomic E-state index is 10.8. The van der Waals surface area contributed by atoms with Crippen LogP contribution in [0.2, 0.25) is 0 Å². The minimum atomic E-state index is -4.63.